The highest BCUT2D eigenvalue weighted by Gasteiger charge is 2.31. The maximum atomic E-state index is 12.4. The first-order valence-corrected chi connectivity index (χ1v) is 14.3. The van der Waals surface area contributed by atoms with E-state index in [2.05, 4.69) is 46.4 Å². The second-order valence-electron chi connectivity index (χ2n) is 10.3. The van der Waals surface area contributed by atoms with Crippen LogP contribution < -0.4 is 5.32 Å². The van der Waals surface area contributed by atoms with Gasteiger partial charge in [-0.15, -0.1) is 11.3 Å². The van der Waals surface area contributed by atoms with E-state index in [9.17, 15) is 9.90 Å². The van der Waals surface area contributed by atoms with Gasteiger partial charge in [0.05, 0.1) is 29.2 Å². The summed E-state index contributed by atoms with van der Waals surface area (Å²) in [4.78, 5) is 13.4. The Kier molecular flexibility index (Phi) is 7.08. The Morgan fingerprint density at radius 3 is 2.70 bits per heavy atom. The molecular formula is C30H31ClN2O3S. The van der Waals surface area contributed by atoms with Crippen molar-refractivity contribution in [2.24, 2.45) is 0 Å². The molecule has 1 saturated carbocycles. The largest absolute Gasteiger partial charge is 0.393 e. The summed E-state index contributed by atoms with van der Waals surface area (Å²) in [5, 5.41) is 17.4. The van der Waals surface area contributed by atoms with Crippen LogP contribution in [0.3, 0.4) is 0 Å². The molecule has 3 heterocycles. The van der Waals surface area contributed by atoms with Crippen molar-refractivity contribution in [3.8, 4) is 0 Å². The molecule has 2 aromatic heterocycles. The van der Waals surface area contributed by atoms with Crippen molar-refractivity contribution in [3.05, 3.63) is 92.8 Å². The van der Waals surface area contributed by atoms with Crippen molar-refractivity contribution < 1.29 is 14.6 Å². The first-order chi connectivity index (χ1) is 18.0. The van der Waals surface area contributed by atoms with Gasteiger partial charge >= 0.3 is 0 Å². The third-order valence-corrected chi connectivity index (χ3v) is 8.61. The lowest BCUT2D eigenvalue weighted by Crippen LogP contribution is -2.41. The molecule has 3 unspecified atom stereocenters. The minimum atomic E-state index is -0.506. The van der Waals surface area contributed by atoms with Crippen molar-refractivity contribution in [3.63, 3.8) is 0 Å². The van der Waals surface area contributed by atoms with Crippen LogP contribution in [-0.2, 0) is 22.4 Å². The highest BCUT2D eigenvalue weighted by atomic mass is 35.5. The zero-order valence-corrected chi connectivity index (χ0v) is 22.2. The molecule has 2 fully saturated rings. The molecule has 2 aliphatic rings. The van der Waals surface area contributed by atoms with E-state index in [-0.39, 0.29) is 18.2 Å². The van der Waals surface area contributed by atoms with Gasteiger partial charge in [-0.3, -0.25) is 4.79 Å². The summed E-state index contributed by atoms with van der Waals surface area (Å²) in [6, 6.07) is 18.8. The van der Waals surface area contributed by atoms with E-state index in [1.807, 2.05) is 29.6 Å². The van der Waals surface area contributed by atoms with Gasteiger partial charge in [-0.25, -0.2) is 0 Å². The Balaban J connectivity index is 1.20. The van der Waals surface area contributed by atoms with Crippen LogP contribution in [0.25, 0.3) is 10.9 Å². The third-order valence-electron chi connectivity index (χ3n) is 7.42. The standard InChI is InChI=1S/C30H31ClN2O3S/c31-26-4-1-5-27-30(26)22(13-19-6-8-20(9-7-19)21-10-11-21)18-33(27)29-15-23(34)14-24(36-29)17-32-28(35)16-25-3-2-12-37-25/h1-9,12,18,21,23-24,29,34H,10-11,13-17H2,(H,32,35). The Hall–Kier alpha value is -2.64. The number of benzene rings is 2. The second-order valence-corrected chi connectivity index (χ2v) is 11.7. The number of thiophene rings is 1. The Morgan fingerprint density at radius 2 is 1.95 bits per heavy atom. The summed E-state index contributed by atoms with van der Waals surface area (Å²) < 4.78 is 8.55. The van der Waals surface area contributed by atoms with Gasteiger partial charge in [0.2, 0.25) is 5.91 Å². The minimum Gasteiger partial charge on any atom is -0.393 e. The number of ether oxygens (including phenoxy) is 1. The van der Waals surface area contributed by atoms with Gasteiger partial charge in [0.15, 0.2) is 0 Å². The van der Waals surface area contributed by atoms with Crippen LogP contribution in [0.15, 0.2) is 66.2 Å². The number of nitrogens with zero attached hydrogens (tertiary/aromatic N) is 1. The van der Waals surface area contributed by atoms with E-state index in [0.29, 0.717) is 25.8 Å². The smallest absolute Gasteiger partial charge is 0.225 e. The van der Waals surface area contributed by atoms with E-state index < -0.39 is 6.10 Å². The quantitative estimate of drug-likeness (QED) is 0.282. The highest BCUT2D eigenvalue weighted by Crippen LogP contribution is 2.40. The lowest BCUT2D eigenvalue weighted by Gasteiger charge is -2.34. The highest BCUT2D eigenvalue weighted by molar-refractivity contribution is 7.10. The first-order valence-electron chi connectivity index (χ1n) is 13.0. The maximum Gasteiger partial charge on any atom is 0.225 e. The molecule has 4 aromatic rings. The van der Waals surface area contributed by atoms with Crippen LogP contribution in [-0.4, -0.2) is 34.3 Å². The van der Waals surface area contributed by atoms with Crippen molar-refractivity contribution in [2.75, 3.05) is 6.54 Å². The Morgan fingerprint density at radius 1 is 1.11 bits per heavy atom. The van der Waals surface area contributed by atoms with Crippen LogP contribution in [0.1, 0.15) is 59.4 Å². The summed E-state index contributed by atoms with van der Waals surface area (Å²) in [5.74, 6) is 0.713. The van der Waals surface area contributed by atoms with E-state index in [4.69, 9.17) is 16.3 Å². The average molecular weight is 535 g/mol. The summed E-state index contributed by atoms with van der Waals surface area (Å²) in [7, 11) is 0. The monoisotopic (exact) mass is 534 g/mol. The number of hydrogen-bond donors (Lipinski definition) is 2. The van der Waals surface area contributed by atoms with Crippen LogP contribution >= 0.6 is 22.9 Å². The van der Waals surface area contributed by atoms with Crippen molar-refractivity contribution >= 4 is 39.7 Å². The fourth-order valence-corrected chi connectivity index (χ4v) is 6.40. The average Bonchev–Trinajstić information content (AvgIpc) is 3.49. The molecule has 2 aromatic carbocycles. The van der Waals surface area contributed by atoms with Gasteiger partial charge in [-0.05, 0) is 65.4 Å². The Labute approximate surface area is 226 Å². The molecule has 3 atom stereocenters. The number of carbonyl (C=O) groups excluding carboxylic acids is 1. The predicted molar refractivity (Wildman–Crippen MR) is 148 cm³/mol. The molecule has 1 aliphatic heterocycles. The molecule has 0 spiro atoms. The number of fused-ring (bicyclic) bond motifs is 1. The molecule has 1 aliphatic carbocycles. The van der Waals surface area contributed by atoms with Gasteiger partial charge in [0, 0.05) is 35.8 Å². The van der Waals surface area contributed by atoms with E-state index in [1.165, 1.54) is 24.0 Å². The fourth-order valence-electron chi connectivity index (χ4n) is 5.40. The lowest BCUT2D eigenvalue weighted by atomic mass is 10.0. The predicted octanol–water partition coefficient (Wildman–Crippen LogP) is 6.22. The number of aliphatic hydroxyl groups excluding tert-OH is 1. The number of hydrogen-bond acceptors (Lipinski definition) is 4. The zero-order valence-electron chi connectivity index (χ0n) is 20.6. The topological polar surface area (TPSA) is 63.5 Å². The zero-order chi connectivity index (χ0) is 25.4. The minimum absolute atomic E-state index is 0.0316. The van der Waals surface area contributed by atoms with Crippen LogP contribution in [0.2, 0.25) is 5.02 Å². The van der Waals surface area contributed by atoms with Crippen LogP contribution in [0, 0.1) is 0 Å². The third kappa shape index (κ3) is 5.63. The Bertz CT molecular complexity index is 1380. The summed E-state index contributed by atoms with van der Waals surface area (Å²) >= 11 is 8.28. The number of carbonyl (C=O) groups is 1. The molecule has 2 N–H and O–H groups in total. The van der Waals surface area contributed by atoms with E-state index in [1.54, 1.807) is 11.3 Å². The molecule has 0 bridgehead atoms. The van der Waals surface area contributed by atoms with Gasteiger partial charge in [-0.1, -0.05) is 48.0 Å². The summed E-state index contributed by atoms with van der Waals surface area (Å²) in [5.41, 5.74) is 4.82. The fraction of sp³-hybridized carbons (Fsp3) is 0.367. The number of halogens is 1. The van der Waals surface area contributed by atoms with Crippen LogP contribution in [0.5, 0.6) is 0 Å². The van der Waals surface area contributed by atoms with Crippen LogP contribution in [0.4, 0.5) is 0 Å². The summed E-state index contributed by atoms with van der Waals surface area (Å²) in [6.07, 6.45) is 5.74. The molecule has 5 nitrogen and oxygen atoms in total. The van der Waals surface area contributed by atoms with Gasteiger partial charge in [0.25, 0.3) is 0 Å². The summed E-state index contributed by atoms with van der Waals surface area (Å²) in [6.45, 7) is 0.373. The number of nitrogens with one attached hydrogen (secondary N) is 1. The molecule has 6 rings (SSSR count). The molecule has 0 radical (unpaired) electrons. The van der Waals surface area contributed by atoms with Crippen molar-refractivity contribution in [1.29, 1.82) is 0 Å². The molecular weight excluding hydrogens is 504 g/mol. The number of aliphatic hydroxyl groups is 1. The number of rotatable bonds is 8. The normalized spacial score (nSPS) is 21.8. The van der Waals surface area contributed by atoms with Gasteiger partial charge in [0.1, 0.15) is 6.23 Å². The van der Waals surface area contributed by atoms with E-state index in [0.717, 1.165) is 38.7 Å². The maximum absolute atomic E-state index is 12.4. The molecule has 1 amide bonds. The first kappa shape index (κ1) is 24.7. The SMILES string of the molecule is O=C(Cc1cccs1)NCC1CC(O)CC(n2cc(Cc3ccc(C4CC4)cc3)c3c(Cl)cccc32)O1. The second kappa shape index (κ2) is 10.6. The van der Waals surface area contributed by atoms with Gasteiger partial charge in [-0.2, -0.15) is 0 Å². The number of aromatic nitrogens is 1. The van der Waals surface area contributed by atoms with E-state index >= 15 is 0 Å². The molecule has 1 saturated heterocycles. The number of amides is 1. The molecule has 37 heavy (non-hydrogen) atoms. The molecule has 7 heteroatoms. The lowest BCUT2D eigenvalue weighted by molar-refractivity contribution is -0.133. The van der Waals surface area contributed by atoms with Gasteiger partial charge < -0.3 is 19.7 Å². The van der Waals surface area contributed by atoms with Crippen molar-refractivity contribution in [2.45, 2.75) is 62.9 Å². The van der Waals surface area contributed by atoms with Crippen molar-refractivity contribution in [1.82, 2.24) is 9.88 Å². The molecule has 192 valence electrons.